The molecule has 1 N–H and O–H groups in total. The van der Waals surface area contributed by atoms with E-state index in [0.717, 1.165) is 5.56 Å². The first-order valence-corrected chi connectivity index (χ1v) is 6.77. The summed E-state index contributed by atoms with van der Waals surface area (Å²) in [5.74, 6) is -0.660. The second-order valence-corrected chi connectivity index (χ2v) is 5.25. The van der Waals surface area contributed by atoms with E-state index in [1.165, 1.54) is 18.2 Å². The Bertz CT molecular complexity index is 667. The van der Waals surface area contributed by atoms with Gasteiger partial charge in [-0.15, -0.1) is 0 Å². The standard InChI is InChI=1S/C13H9BrClFN2O2/c14-9-6-8(4-5-10(9)15)7-17-13-11(16)2-1-3-12(13)18(19)20/h1-6,17H,7H2. The molecule has 104 valence electrons. The van der Waals surface area contributed by atoms with Gasteiger partial charge in [0.25, 0.3) is 5.69 Å². The van der Waals surface area contributed by atoms with Crippen LogP contribution < -0.4 is 5.32 Å². The van der Waals surface area contributed by atoms with E-state index in [-0.39, 0.29) is 17.9 Å². The maximum absolute atomic E-state index is 13.7. The largest absolute Gasteiger partial charge is 0.373 e. The van der Waals surface area contributed by atoms with Crippen molar-refractivity contribution in [1.29, 1.82) is 0 Å². The highest BCUT2D eigenvalue weighted by Crippen LogP contribution is 2.28. The first kappa shape index (κ1) is 14.7. The Hall–Kier alpha value is -1.66. The molecule has 0 amide bonds. The normalized spacial score (nSPS) is 10.3. The van der Waals surface area contributed by atoms with Gasteiger partial charge in [-0.05, 0) is 39.7 Å². The quantitative estimate of drug-likeness (QED) is 0.632. The number of nitro benzene ring substituents is 1. The van der Waals surface area contributed by atoms with E-state index in [1.54, 1.807) is 18.2 Å². The topological polar surface area (TPSA) is 55.2 Å². The van der Waals surface area contributed by atoms with Crippen LogP contribution in [0.2, 0.25) is 5.02 Å². The fourth-order valence-corrected chi connectivity index (χ4v) is 2.22. The molecular weight excluding hydrogens is 351 g/mol. The van der Waals surface area contributed by atoms with Crippen molar-refractivity contribution in [3.63, 3.8) is 0 Å². The molecule has 2 aromatic rings. The first-order valence-electron chi connectivity index (χ1n) is 5.59. The smallest absolute Gasteiger partial charge is 0.295 e. The maximum atomic E-state index is 13.7. The summed E-state index contributed by atoms with van der Waals surface area (Å²) in [6, 6.07) is 8.95. The summed E-state index contributed by atoms with van der Waals surface area (Å²) in [4.78, 5) is 10.2. The molecule has 0 atom stereocenters. The summed E-state index contributed by atoms with van der Waals surface area (Å²) < 4.78 is 14.4. The van der Waals surface area contributed by atoms with Gasteiger partial charge in [-0.3, -0.25) is 10.1 Å². The number of nitrogens with one attached hydrogen (secondary N) is 1. The van der Waals surface area contributed by atoms with Gasteiger partial charge in [0.1, 0.15) is 5.69 Å². The minimum absolute atomic E-state index is 0.122. The van der Waals surface area contributed by atoms with Crippen molar-refractivity contribution >= 4 is 38.9 Å². The van der Waals surface area contributed by atoms with Crippen LogP contribution in [0.5, 0.6) is 0 Å². The van der Waals surface area contributed by atoms with Crippen LogP contribution in [0, 0.1) is 15.9 Å². The fraction of sp³-hybridized carbons (Fsp3) is 0.0769. The van der Waals surface area contributed by atoms with Gasteiger partial charge in [-0.1, -0.05) is 23.7 Å². The van der Waals surface area contributed by atoms with Crippen LogP contribution in [0.25, 0.3) is 0 Å². The van der Waals surface area contributed by atoms with Gasteiger partial charge in [0.05, 0.1) is 9.95 Å². The van der Waals surface area contributed by atoms with Crippen LogP contribution in [-0.4, -0.2) is 4.92 Å². The lowest BCUT2D eigenvalue weighted by Crippen LogP contribution is -2.04. The molecule has 0 spiro atoms. The highest BCUT2D eigenvalue weighted by Gasteiger charge is 2.17. The van der Waals surface area contributed by atoms with Crippen LogP contribution in [-0.2, 0) is 6.54 Å². The monoisotopic (exact) mass is 358 g/mol. The van der Waals surface area contributed by atoms with E-state index in [0.29, 0.717) is 9.50 Å². The lowest BCUT2D eigenvalue weighted by Gasteiger charge is -2.09. The van der Waals surface area contributed by atoms with E-state index >= 15 is 0 Å². The molecule has 0 aliphatic heterocycles. The van der Waals surface area contributed by atoms with E-state index in [1.807, 2.05) is 0 Å². The lowest BCUT2D eigenvalue weighted by molar-refractivity contribution is -0.384. The predicted molar refractivity (Wildman–Crippen MR) is 79.5 cm³/mol. The number of rotatable bonds is 4. The fourth-order valence-electron chi connectivity index (χ4n) is 1.68. The number of halogens is 3. The summed E-state index contributed by atoms with van der Waals surface area (Å²) in [6.45, 7) is 0.248. The van der Waals surface area contributed by atoms with Crippen LogP contribution in [0.4, 0.5) is 15.8 Å². The summed E-state index contributed by atoms with van der Waals surface area (Å²) in [6.07, 6.45) is 0. The van der Waals surface area contributed by atoms with Crippen LogP contribution in [0.15, 0.2) is 40.9 Å². The first-order chi connectivity index (χ1) is 9.49. The second-order valence-electron chi connectivity index (χ2n) is 3.99. The van der Waals surface area contributed by atoms with Gasteiger partial charge >= 0.3 is 0 Å². The number of hydrogen-bond acceptors (Lipinski definition) is 3. The molecule has 7 heteroatoms. The predicted octanol–water partition coefficient (Wildman–Crippen LogP) is 4.76. The van der Waals surface area contributed by atoms with Gasteiger partial charge in [0, 0.05) is 17.1 Å². The van der Waals surface area contributed by atoms with Crippen LogP contribution in [0.1, 0.15) is 5.56 Å². The van der Waals surface area contributed by atoms with E-state index in [9.17, 15) is 14.5 Å². The SMILES string of the molecule is O=[N+]([O-])c1cccc(F)c1NCc1ccc(Cl)c(Br)c1. The summed E-state index contributed by atoms with van der Waals surface area (Å²) in [5.41, 5.74) is 0.403. The molecule has 0 saturated carbocycles. The maximum Gasteiger partial charge on any atom is 0.295 e. The zero-order valence-corrected chi connectivity index (χ0v) is 12.4. The Balaban J connectivity index is 2.22. The second kappa shape index (κ2) is 6.19. The molecule has 0 unspecified atom stereocenters. The number of anilines is 1. The lowest BCUT2D eigenvalue weighted by atomic mass is 10.2. The van der Waals surface area contributed by atoms with Crippen molar-refractivity contribution < 1.29 is 9.31 Å². The summed E-state index contributed by atoms with van der Waals surface area (Å²) in [7, 11) is 0. The third-order valence-corrected chi connectivity index (χ3v) is 3.86. The van der Waals surface area contributed by atoms with Crippen molar-refractivity contribution in [3.8, 4) is 0 Å². The Kier molecular flexibility index (Phi) is 4.57. The van der Waals surface area contributed by atoms with Crippen molar-refractivity contribution in [1.82, 2.24) is 0 Å². The van der Waals surface area contributed by atoms with Gasteiger partial charge < -0.3 is 5.32 Å². The summed E-state index contributed by atoms with van der Waals surface area (Å²) in [5, 5.41) is 14.2. The molecule has 0 aliphatic rings. The molecule has 0 heterocycles. The Morgan fingerprint density at radius 3 is 2.75 bits per heavy atom. The molecule has 2 rings (SSSR count). The molecule has 0 aromatic heterocycles. The van der Waals surface area contributed by atoms with Crippen LogP contribution in [0.3, 0.4) is 0 Å². The van der Waals surface area contributed by atoms with Gasteiger partial charge in [0.2, 0.25) is 0 Å². The third-order valence-electron chi connectivity index (χ3n) is 2.64. The number of para-hydroxylation sites is 1. The molecular formula is C13H9BrClFN2O2. The molecule has 4 nitrogen and oxygen atoms in total. The van der Waals surface area contributed by atoms with E-state index in [4.69, 9.17) is 11.6 Å². The number of hydrogen-bond donors (Lipinski definition) is 1. The van der Waals surface area contributed by atoms with Gasteiger partial charge in [-0.25, -0.2) is 4.39 Å². The van der Waals surface area contributed by atoms with Crippen molar-refractivity contribution in [2.75, 3.05) is 5.32 Å². The number of nitrogens with zero attached hydrogens (tertiary/aromatic N) is 1. The Labute approximate surface area is 127 Å². The van der Waals surface area contributed by atoms with Gasteiger partial charge in [0.15, 0.2) is 5.82 Å². The average Bonchev–Trinajstić information content (AvgIpc) is 2.40. The third kappa shape index (κ3) is 3.26. The highest BCUT2D eigenvalue weighted by molar-refractivity contribution is 9.10. The Morgan fingerprint density at radius 1 is 1.35 bits per heavy atom. The zero-order valence-electron chi connectivity index (χ0n) is 10.1. The molecule has 2 aromatic carbocycles. The van der Waals surface area contributed by atoms with Crippen molar-refractivity contribution in [3.05, 3.63) is 67.4 Å². The number of nitro groups is 1. The average molecular weight is 360 g/mol. The minimum Gasteiger partial charge on any atom is -0.373 e. The molecule has 0 bridgehead atoms. The zero-order chi connectivity index (χ0) is 14.7. The highest BCUT2D eigenvalue weighted by atomic mass is 79.9. The van der Waals surface area contributed by atoms with Crippen molar-refractivity contribution in [2.24, 2.45) is 0 Å². The van der Waals surface area contributed by atoms with Crippen LogP contribution >= 0.6 is 27.5 Å². The Morgan fingerprint density at radius 2 is 2.10 bits per heavy atom. The molecule has 0 aliphatic carbocycles. The van der Waals surface area contributed by atoms with Gasteiger partial charge in [-0.2, -0.15) is 0 Å². The molecule has 20 heavy (non-hydrogen) atoms. The van der Waals surface area contributed by atoms with E-state index in [2.05, 4.69) is 21.2 Å². The molecule has 0 radical (unpaired) electrons. The number of benzene rings is 2. The van der Waals surface area contributed by atoms with Crippen molar-refractivity contribution in [2.45, 2.75) is 6.54 Å². The molecule has 0 fully saturated rings. The minimum atomic E-state index is -0.660. The van der Waals surface area contributed by atoms with E-state index < -0.39 is 10.7 Å². The molecule has 0 saturated heterocycles. The summed E-state index contributed by atoms with van der Waals surface area (Å²) >= 11 is 9.16.